The third-order valence-corrected chi connectivity index (χ3v) is 4.20. The third kappa shape index (κ3) is 4.42. The predicted molar refractivity (Wildman–Crippen MR) is 93.1 cm³/mol. The molecule has 3 rings (SSSR count). The number of carbonyl (C=O) groups excluding carboxylic acids is 2. The lowest BCUT2D eigenvalue weighted by atomic mass is 10.0. The highest BCUT2D eigenvalue weighted by molar-refractivity contribution is 5.94. The number of ether oxygens (including phenoxy) is 1. The van der Waals surface area contributed by atoms with Crippen molar-refractivity contribution < 1.29 is 14.3 Å². The van der Waals surface area contributed by atoms with E-state index in [1.54, 1.807) is 12.1 Å². The van der Waals surface area contributed by atoms with Crippen LogP contribution >= 0.6 is 0 Å². The standard InChI is InChI=1S/C19H21N3O3/c20-18(23)17-8-4-7-16(21-17)11-14-12-22(9-10-25-13-14)19(24)15-5-2-1-3-6-15/h1-8,14H,9-13H2,(H2,20,23)/t14-/m0/s1. The first-order chi connectivity index (χ1) is 12.1. The first-order valence-electron chi connectivity index (χ1n) is 8.31. The van der Waals surface area contributed by atoms with Crippen LogP contribution in [0.4, 0.5) is 0 Å². The molecule has 1 aliphatic heterocycles. The Morgan fingerprint density at radius 1 is 1.16 bits per heavy atom. The fraction of sp³-hybridized carbons (Fsp3) is 0.316. The van der Waals surface area contributed by atoms with Crippen molar-refractivity contribution in [3.63, 3.8) is 0 Å². The van der Waals surface area contributed by atoms with Crippen LogP contribution in [0.2, 0.25) is 0 Å². The zero-order valence-electron chi connectivity index (χ0n) is 13.9. The lowest BCUT2D eigenvalue weighted by Crippen LogP contribution is -2.36. The van der Waals surface area contributed by atoms with Gasteiger partial charge in [0.15, 0.2) is 0 Å². The van der Waals surface area contributed by atoms with Crippen LogP contribution < -0.4 is 5.73 Å². The van der Waals surface area contributed by atoms with E-state index in [9.17, 15) is 9.59 Å². The van der Waals surface area contributed by atoms with Crippen LogP contribution in [0.5, 0.6) is 0 Å². The van der Waals surface area contributed by atoms with Gasteiger partial charge in [-0.15, -0.1) is 0 Å². The van der Waals surface area contributed by atoms with E-state index in [-0.39, 0.29) is 17.5 Å². The number of carbonyl (C=O) groups is 2. The monoisotopic (exact) mass is 339 g/mol. The summed E-state index contributed by atoms with van der Waals surface area (Å²) in [4.78, 5) is 30.1. The van der Waals surface area contributed by atoms with Crippen molar-refractivity contribution in [2.75, 3.05) is 26.3 Å². The van der Waals surface area contributed by atoms with Crippen LogP contribution in [0.25, 0.3) is 0 Å². The molecule has 6 nitrogen and oxygen atoms in total. The van der Waals surface area contributed by atoms with Crippen LogP contribution in [0, 0.1) is 5.92 Å². The lowest BCUT2D eigenvalue weighted by Gasteiger charge is -2.23. The van der Waals surface area contributed by atoms with Crippen molar-refractivity contribution >= 4 is 11.8 Å². The second-order valence-electron chi connectivity index (χ2n) is 6.14. The van der Waals surface area contributed by atoms with Gasteiger partial charge in [0, 0.05) is 30.3 Å². The Hall–Kier alpha value is -2.73. The van der Waals surface area contributed by atoms with E-state index in [0.29, 0.717) is 38.3 Å². The molecule has 0 saturated carbocycles. The Balaban J connectivity index is 1.71. The van der Waals surface area contributed by atoms with Gasteiger partial charge in [-0.25, -0.2) is 4.98 Å². The van der Waals surface area contributed by atoms with Crippen molar-refractivity contribution in [1.29, 1.82) is 0 Å². The van der Waals surface area contributed by atoms with Gasteiger partial charge in [0.25, 0.3) is 11.8 Å². The molecule has 2 aromatic rings. The molecule has 1 aliphatic rings. The highest BCUT2D eigenvalue weighted by Crippen LogP contribution is 2.15. The molecule has 0 unspecified atom stereocenters. The van der Waals surface area contributed by atoms with E-state index in [1.807, 2.05) is 41.3 Å². The lowest BCUT2D eigenvalue weighted by molar-refractivity contribution is 0.0737. The number of nitrogens with two attached hydrogens (primary N) is 1. The molecule has 1 fully saturated rings. The van der Waals surface area contributed by atoms with Crippen molar-refractivity contribution in [2.24, 2.45) is 11.7 Å². The zero-order chi connectivity index (χ0) is 17.6. The Kier molecular flexibility index (Phi) is 5.40. The molecule has 1 aromatic heterocycles. The molecule has 6 heteroatoms. The third-order valence-electron chi connectivity index (χ3n) is 4.20. The highest BCUT2D eigenvalue weighted by atomic mass is 16.5. The summed E-state index contributed by atoms with van der Waals surface area (Å²) in [5, 5.41) is 0. The Bertz CT molecular complexity index is 749. The number of amides is 2. The smallest absolute Gasteiger partial charge is 0.267 e. The number of aromatic nitrogens is 1. The van der Waals surface area contributed by atoms with Gasteiger partial charge >= 0.3 is 0 Å². The van der Waals surface area contributed by atoms with E-state index in [0.717, 1.165) is 5.69 Å². The highest BCUT2D eigenvalue weighted by Gasteiger charge is 2.24. The second kappa shape index (κ2) is 7.90. The second-order valence-corrected chi connectivity index (χ2v) is 6.14. The molecule has 25 heavy (non-hydrogen) atoms. The number of primary amides is 1. The quantitative estimate of drug-likeness (QED) is 0.915. The summed E-state index contributed by atoms with van der Waals surface area (Å²) in [6.45, 7) is 2.24. The Morgan fingerprint density at radius 3 is 2.72 bits per heavy atom. The minimum atomic E-state index is -0.542. The maximum atomic E-state index is 12.7. The molecule has 1 aromatic carbocycles. The molecule has 1 atom stereocenters. The predicted octanol–water partition coefficient (Wildman–Crippen LogP) is 1.51. The molecule has 130 valence electrons. The molecule has 0 aliphatic carbocycles. The van der Waals surface area contributed by atoms with Gasteiger partial charge < -0.3 is 15.4 Å². The van der Waals surface area contributed by atoms with Crippen LogP contribution in [0.3, 0.4) is 0 Å². The fourth-order valence-corrected chi connectivity index (χ4v) is 2.98. The first-order valence-corrected chi connectivity index (χ1v) is 8.31. The van der Waals surface area contributed by atoms with E-state index in [2.05, 4.69) is 4.98 Å². The first kappa shape index (κ1) is 17.1. The number of pyridine rings is 1. The molecule has 2 amide bonds. The average molecular weight is 339 g/mol. The Morgan fingerprint density at radius 2 is 1.96 bits per heavy atom. The normalized spacial score (nSPS) is 17.8. The van der Waals surface area contributed by atoms with E-state index < -0.39 is 5.91 Å². The molecular weight excluding hydrogens is 318 g/mol. The molecule has 0 bridgehead atoms. The maximum Gasteiger partial charge on any atom is 0.267 e. The number of rotatable bonds is 4. The van der Waals surface area contributed by atoms with Gasteiger partial charge in [0.1, 0.15) is 5.69 Å². The summed E-state index contributed by atoms with van der Waals surface area (Å²) in [5.74, 6) is -0.416. The number of hydrogen-bond acceptors (Lipinski definition) is 4. The van der Waals surface area contributed by atoms with Crippen molar-refractivity contribution in [1.82, 2.24) is 9.88 Å². The molecule has 1 saturated heterocycles. The molecule has 0 radical (unpaired) electrons. The van der Waals surface area contributed by atoms with Crippen LogP contribution in [0.15, 0.2) is 48.5 Å². The van der Waals surface area contributed by atoms with E-state index >= 15 is 0 Å². The minimum absolute atomic E-state index is 0.00921. The summed E-state index contributed by atoms with van der Waals surface area (Å²) in [6, 6.07) is 14.5. The van der Waals surface area contributed by atoms with E-state index in [4.69, 9.17) is 10.5 Å². The van der Waals surface area contributed by atoms with E-state index in [1.165, 1.54) is 0 Å². The van der Waals surface area contributed by atoms with Gasteiger partial charge in [-0.3, -0.25) is 9.59 Å². The summed E-state index contributed by atoms with van der Waals surface area (Å²) >= 11 is 0. The van der Waals surface area contributed by atoms with Crippen molar-refractivity contribution in [2.45, 2.75) is 6.42 Å². The maximum absolute atomic E-state index is 12.7. The largest absolute Gasteiger partial charge is 0.379 e. The number of hydrogen-bond donors (Lipinski definition) is 1. The van der Waals surface area contributed by atoms with Gasteiger partial charge in [0.05, 0.1) is 13.2 Å². The van der Waals surface area contributed by atoms with Crippen LogP contribution in [0.1, 0.15) is 26.5 Å². The minimum Gasteiger partial charge on any atom is -0.379 e. The summed E-state index contributed by atoms with van der Waals surface area (Å²) in [6.07, 6.45) is 0.625. The molecule has 2 heterocycles. The SMILES string of the molecule is NC(=O)c1cccc(C[C@@H]2COCCN(C(=O)c3ccccc3)C2)n1. The van der Waals surface area contributed by atoms with Gasteiger partial charge in [0.2, 0.25) is 0 Å². The van der Waals surface area contributed by atoms with Crippen molar-refractivity contribution in [3.05, 3.63) is 65.5 Å². The molecule has 2 N–H and O–H groups in total. The van der Waals surface area contributed by atoms with Crippen LogP contribution in [-0.2, 0) is 11.2 Å². The van der Waals surface area contributed by atoms with Gasteiger partial charge in [-0.2, -0.15) is 0 Å². The summed E-state index contributed by atoms with van der Waals surface area (Å²) < 4.78 is 5.66. The zero-order valence-corrected chi connectivity index (χ0v) is 13.9. The number of nitrogens with zero attached hydrogens (tertiary/aromatic N) is 2. The van der Waals surface area contributed by atoms with Crippen molar-refractivity contribution in [3.8, 4) is 0 Å². The van der Waals surface area contributed by atoms with Gasteiger partial charge in [-0.05, 0) is 30.7 Å². The average Bonchev–Trinajstić information content (AvgIpc) is 2.87. The van der Waals surface area contributed by atoms with Gasteiger partial charge in [-0.1, -0.05) is 24.3 Å². The van der Waals surface area contributed by atoms with Crippen LogP contribution in [-0.4, -0.2) is 48.0 Å². The Labute approximate surface area is 146 Å². The fourth-order valence-electron chi connectivity index (χ4n) is 2.98. The summed E-state index contributed by atoms with van der Waals surface area (Å²) in [7, 11) is 0. The molecular formula is C19H21N3O3. The molecule has 0 spiro atoms. The topological polar surface area (TPSA) is 85.5 Å². The summed E-state index contributed by atoms with van der Waals surface area (Å²) in [5.41, 5.74) is 7.00. The number of benzene rings is 1.